The van der Waals surface area contributed by atoms with Gasteiger partial charge in [0.1, 0.15) is 17.1 Å². The van der Waals surface area contributed by atoms with Crippen molar-refractivity contribution < 1.29 is 23.8 Å². The third kappa shape index (κ3) is 3.63. The molecule has 0 aliphatic rings. The summed E-state index contributed by atoms with van der Waals surface area (Å²) in [6.45, 7) is 0. The molecule has 0 radical (unpaired) electrons. The van der Waals surface area contributed by atoms with Crippen LogP contribution in [0.2, 0.25) is 5.02 Å². The van der Waals surface area contributed by atoms with Crippen molar-refractivity contribution in [2.24, 2.45) is 5.73 Å². The number of halogens is 2. The molecule has 25 heavy (non-hydrogen) atoms. The summed E-state index contributed by atoms with van der Waals surface area (Å²) in [5.41, 5.74) is 3.43. The van der Waals surface area contributed by atoms with Gasteiger partial charge in [-0.15, -0.1) is 0 Å². The van der Waals surface area contributed by atoms with Crippen molar-refractivity contribution in [3.63, 3.8) is 0 Å². The number of nitrogens with two attached hydrogens (primary N) is 1. The van der Waals surface area contributed by atoms with Crippen LogP contribution in [0.5, 0.6) is 5.75 Å². The number of aromatic nitrogens is 1. The SMILES string of the molecule is COC(=O)c1c[nH]c(=O)c([C@@H](CC(N)=O)c2c(F)cccc2Cl)c1O. The summed E-state index contributed by atoms with van der Waals surface area (Å²) < 4.78 is 18.8. The van der Waals surface area contributed by atoms with Crippen molar-refractivity contribution in [1.82, 2.24) is 4.98 Å². The summed E-state index contributed by atoms with van der Waals surface area (Å²) in [5, 5.41) is 10.3. The van der Waals surface area contributed by atoms with E-state index in [0.717, 1.165) is 19.4 Å². The number of esters is 1. The van der Waals surface area contributed by atoms with E-state index in [-0.39, 0.29) is 16.1 Å². The number of ether oxygens (including phenoxy) is 1. The zero-order chi connectivity index (χ0) is 18.7. The third-order valence-corrected chi connectivity index (χ3v) is 3.94. The van der Waals surface area contributed by atoms with Gasteiger partial charge in [0, 0.05) is 29.1 Å². The number of benzene rings is 1. The molecule has 4 N–H and O–H groups in total. The standard InChI is InChI=1S/C16H14ClFN2O5/c1-25-16(24)8-6-20-15(23)13(14(8)22)7(5-11(19)21)12-9(17)3-2-4-10(12)18/h2-4,6-7H,5H2,1H3,(H2,19,21)(H2,20,22,23)/t7-/m0/s1. The van der Waals surface area contributed by atoms with Crippen LogP contribution in [0.25, 0.3) is 0 Å². The number of carbonyl (C=O) groups is 2. The molecule has 0 saturated carbocycles. The highest BCUT2D eigenvalue weighted by Crippen LogP contribution is 2.37. The molecule has 0 aliphatic carbocycles. The maximum absolute atomic E-state index is 14.3. The lowest BCUT2D eigenvalue weighted by atomic mass is 9.87. The molecule has 0 saturated heterocycles. The molecule has 0 unspecified atom stereocenters. The van der Waals surface area contributed by atoms with Crippen molar-refractivity contribution in [2.45, 2.75) is 12.3 Å². The summed E-state index contributed by atoms with van der Waals surface area (Å²) in [7, 11) is 1.08. The first-order valence-corrected chi connectivity index (χ1v) is 7.40. The topological polar surface area (TPSA) is 122 Å². The van der Waals surface area contributed by atoms with Crippen LogP contribution >= 0.6 is 11.6 Å². The molecule has 0 aliphatic heterocycles. The van der Waals surface area contributed by atoms with E-state index in [1.807, 2.05) is 0 Å². The Labute approximate surface area is 146 Å². The number of rotatable bonds is 5. The van der Waals surface area contributed by atoms with Gasteiger partial charge in [-0.25, -0.2) is 9.18 Å². The molecule has 1 aromatic heterocycles. The second-order valence-corrected chi connectivity index (χ2v) is 5.55. The van der Waals surface area contributed by atoms with E-state index >= 15 is 0 Å². The van der Waals surface area contributed by atoms with Crippen LogP contribution in [0.4, 0.5) is 4.39 Å². The highest BCUT2D eigenvalue weighted by atomic mass is 35.5. The number of H-pyrrole nitrogens is 1. The molecule has 1 aromatic carbocycles. The van der Waals surface area contributed by atoms with Crippen LogP contribution in [-0.4, -0.2) is 29.1 Å². The maximum Gasteiger partial charge on any atom is 0.343 e. The summed E-state index contributed by atoms with van der Waals surface area (Å²) in [6.07, 6.45) is 0.444. The van der Waals surface area contributed by atoms with E-state index in [2.05, 4.69) is 9.72 Å². The Balaban J connectivity index is 2.78. The minimum atomic E-state index is -1.29. The summed E-state index contributed by atoms with van der Waals surface area (Å²) in [4.78, 5) is 37.7. The maximum atomic E-state index is 14.3. The fraction of sp³-hybridized carbons (Fsp3) is 0.188. The van der Waals surface area contributed by atoms with Crippen molar-refractivity contribution in [1.29, 1.82) is 0 Å². The minimum absolute atomic E-state index is 0.0616. The van der Waals surface area contributed by atoms with Crippen molar-refractivity contribution in [3.8, 4) is 5.75 Å². The number of primary amides is 1. The molecule has 1 amide bonds. The normalized spacial score (nSPS) is 11.8. The Bertz CT molecular complexity index is 876. The first-order valence-electron chi connectivity index (χ1n) is 7.03. The van der Waals surface area contributed by atoms with Gasteiger partial charge in [-0.2, -0.15) is 0 Å². The Hall–Kier alpha value is -2.87. The molecular formula is C16H14ClFN2O5. The van der Waals surface area contributed by atoms with E-state index in [1.54, 1.807) is 0 Å². The molecular weight excluding hydrogens is 355 g/mol. The van der Waals surface area contributed by atoms with Crippen molar-refractivity contribution in [3.05, 3.63) is 62.3 Å². The molecule has 0 fully saturated rings. The lowest BCUT2D eigenvalue weighted by molar-refractivity contribution is -0.118. The zero-order valence-corrected chi connectivity index (χ0v) is 13.8. The smallest absolute Gasteiger partial charge is 0.343 e. The van der Waals surface area contributed by atoms with Crippen LogP contribution in [0, 0.1) is 5.82 Å². The Morgan fingerprint density at radius 2 is 2.08 bits per heavy atom. The van der Waals surface area contributed by atoms with Crippen LogP contribution in [-0.2, 0) is 9.53 Å². The highest BCUT2D eigenvalue weighted by Gasteiger charge is 2.30. The van der Waals surface area contributed by atoms with Crippen molar-refractivity contribution in [2.75, 3.05) is 7.11 Å². The number of aromatic amines is 1. The van der Waals surface area contributed by atoms with Gasteiger partial charge in [0.25, 0.3) is 5.56 Å². The highest BCUT2D eigenvalue weighted by molar-refractivity contribution is 6.31. The molecule has 2 aromatic rings. The number of hydrogen-bond donors (Lipinski definition) is 3. The van der Waals surface area contributed by atoms with Crippen LogP contribution in [0.1, 0.15) is 33.8 Å². The molecule has 132 valence electrons. The van der Waals surface area contributed by atoms with Gasteiger partial charge in [0.05, 0.1) is 12.7 Å². The summed E-state index contributed by atoms with van der Waals surface area (Å²) in [6, 6.07) is 3.80. The number of methoxy groups -OCH3 is 1. The van der Waals surface area contributed by atoms with Gasteiger partial charge in [0.15, 0.2) is 0 Å². The molecule has 0 bridgehead atoms. The van der Waals surface area contributed by atoms with Gasteiger partial charge >= 0.3 is 5.97 Å². The van der Waals surface area contributed by atoms with Gasteiger partial charge in [-0.1, -0.05) is 17.7 Å². The Morgan fingerprint density at radius 1 is 1.40 bits per heavy atom. The molecule has 2 rings (SSSR count). The van der Waals surface area contributed by atoms with E-state index in [9.17, 15) is 23.9 Å². The van der Waals surface area contributed by atoms with Crippen LogP contribution < -0.4 is 11.3 Å². The molecule has 1 heterocycles. The van der Waals surface area contributed by atoms with Gasteiger partial charge < -0.3 is 20.6 Å². The number of nitrogens with one attached hydrogen (secondary N) is 1. The number of aromatic hydroxyl groups is 1. The van der Waals surface area contributed by atoms with Gasteiger partial charge in [0.2, 0.25) is 5.91 Å². The van der Waals surface area contributed by atoms with E-state index < -0.39 is 46.9 Å². The Morgan fingerprint density at radius 3 is 2.64 bits per heavy atom. The minimum Gasteiger partial charge on any atom is -0.506 e. The zero-order valence-electron chi connectivity index (χ0n) is 13.0. The lowest BCUT2D eigenvalue weighted by Crippen LogP contribution is -2.24. The molecule has 7 nitrogen and oxygen atoms in total. The van der Waals surface area contributed by atoms with E-state index in [0.29, 0.717) is 0 Å². The first kappa shape index (κ1) is 18.5. The van der Waals surface area contributed by atoms with Gasteiger partial charge in [-0.05, 0) is 12.1 Å². The monoisotopic (exact) mass is 368 g/mol. The second-order valence-electron chi connectivity index (χ2n) is 5.14. The fourth-order valence-electron chi connectivity index (χ4n) is 2.52. The lowest BCUT2D eigenvalue weighted by Gasteiger charge is -2.19. The first-order chi connectivity index (χ1) is 11.8. The predicted octanol–water partition coefficient (Wildman–Crippen LogP) is 1.67. The number of carbonyl (C=O) groups excluding carboxylic acids is 2. The molecule has 0 spiro atoms. The van der Waals surface area contributed by atoms with Crippen LogP contribution in [0.3, 0.4) is 0 Å². The predicted molar refractivity (Wildman–Crippen MR) is 87.1 cm³/mol. The summed E-state index contributed by atoms with van der Waals surface area (Å²) in [5.74, 6) is -4.60. The number of hydrogen-bond acceptors (Lipinski definition) is 5. The quantitative estimate of drug-likeness (QED) is 0.693. The largest absolute Gasteiger partial charge is 0.506 e. The molecule has 9 heteroatoms. The average Bonchev–Trinajstić information content (AvgIpc) is 2.53. The van der Waals surface area contributed by atoms with Gasteiger partial charge in [-0.3, -0.25) is 9.59 Å². The van der Waals surface area contributed by atoms with Crippen molar-refractivity contribution >= 4 is 23.5 Å². The van der Waals surface area contributed by atoms with E-state index in [1.165, 1.54) is 12.1 Å². The molecule has 1 atom stereocenters. The number of amides is 1. The summed E-state index contributed by atoms with van der Waals surface area (Å²) >= 11 is 6.01. The second kappa shape index (κ2) is 7.35. The number of pyridine rings is 1. The van der Waals surface area contributed by atoms with Crippen LogP contribution in [0.15, 0.2) is 29.2 Å². The third-order valence-electron chi connectivity index (χ3n) is 3.61. The average molecular weight is 369 g/mol. The van der Waals surface area contributed by atoms with E-state index in [4.69, 9.17) is 17.3 Å². The fourth-order valence-corrected chi connectivity index (χ4v) is 2.81. The Kier molecular flexibility index (Phi) is 5.43.